The number of hydrogen-bond acceptors (Lipinski definition) is 4. The van der Waals surface area contributed by atoms with Crippen LogP contribution in [0.5, 0.6) is 5.75 Å². The lowest BCUT2D eigenvalue weighted by Gasteiger charge is -2.34. The van der Waals surface area contributed by atoms with E-state index in [2.05, 4.69) is 46.4 Å². The van der Waals surface area contributed by atoms with Gasteiger partial charge in [-0.1, -0.05) is 35.3 Å². The number of carbonyl (C=O) groups excluding carboxylic acids is 1. The highest BCUT2D eigenvalue weighted by molar-refractivity contribution is 6.35. The van der Waals surface area contributed by atoms with Gasteiger partial charge in [-0.2, -0.15) is 0 Å². The number of benzene rings is 2. The maximum Gasteiger partial charge on any atom is 0.257 e. The topological polar surface area (TPSA) is 44.8 Å². The number of ether oxygens (including phenoxy) is 1. The number of nitrogens with one attached hydrogen (secondary N) is 1. The molecule has 0 saturated carbocycles. The first-order valence-electron chi connectivity index (χ1n) is 9.38. The summed E-state index contributed by atoms with van der Waals surface area (Å²) in [6.07, 6.45) is 0.774. The van der Waals surface area contributed by atoms with Crippen LogP contribution in [0.15, 0.2) is 42.5 Å². The average Bonchev–Trinajstić information content (AvgIpc) is 2.68. The Hall–Kier alpha value is -1.95. The van der Waals surface area contributed by atoms with Gasteiger partial charge in [0, 0.05) is 43.4 Å². The Morgan fingerprint density at radius 2 is 1.79 bits per heavy atom. The minimum absolute atomic E-state index is 0.0797. The van der Waals surface area contributed by atoms with E-state index in [1.807, 2.05) is 0 Å². The maximum atomic E-state index is 12.0. The highest BCUT2D eigenvalue weighted by Gasteiger charge is 2.14. The Kier molecular flexibility index (Phi) is 7.43. The summed E-state index contributed by atoms with van der Waals surface area (Å²) in [5.41, 5.74) is 2.45. The number of carbonyl (C=O) groups is 1. The van der Waals surface area contributed by atoms with Crippen LogP contribution in [0.1, 0.15) is 5.56 Å². The normalized spacial score (nSPS) is 14.8. The molecule has 0 bridgehead atoms. The highest BCUT2D eigenvalue weighted by atomic mass is 35.5. The predicted octanol–water partition coefficient (Wildman–Crippen LogP) is 3.48. The van der Waals surface area contributed by atoms with Crippen LogP contribution in [-0.4, -0.2) is 57.2 Å². The molecule has 1 heterocycles. The van der Waals surface area contributed by atoms with Gasteiger partial charge in [-0.3, -0.25) is 4.79 Å². The van der Waals surface area contributed by atoms with Crippen molar-refractivity contribution in [3.05, 3.63) is 58.1 Å². The molecule has 0 aromatic heterocycles. The number of likely N-dealkylation sites (N-methyl/N-ethyl adjacent to an activating group) is 1. The van der Waals surface area contributed by atoms with Gasteiger partial charge in [-0.25, -0.2) is 0 Å². The summed E-state index contributed by atoms with van der Waals surface area (Å²) in [6.45, 7) is 4.79. The highest BCUT2D eigenvalue weighted by Crippen LogP contribution is 2.27. The van der Waals surface area contributed by atoms with Gasteiger partial charge in [-0.05, 0) is 49.4 Å². The van der Waals surface area contributed by atoms with Crippen LogP contribution in [0.3, 0.4) is 0 Å². The second kappa shape index (κ2) is 10.0. The standard InChI is InChI=1S/C21H25Cl2N3O2/c1-25-10-12-26(13-11-25)18-5-2-16(3-6-18)8-9-24-21(27)15-28-20-7-4-17(22)14-19(20)23/h2-7,14H,8-13,15H2,1H3,(H,24,27). The van der Waals surface area contributed by atoms with Crippen molar-refractivity contribution in [1.82, 2.24) is 10.2 Å². The molecule has 150 valence electrons. The van der Waals surface area contributed by atoms with Gasteiger partial charge in [-0.15, -0.1) is 0 Å². The Labute approximate surface area is 176 Å². The smallest absolute Gasteiger partial charge is 0.257 e. The van der Waals surface area contributed by atoms with Crippen molar-refractivity contribution >= 4 is 34.8 Å². The maximum absolute atomic E-state index is 12.0. The lowest BCUT2D eigenvalue weighted by molar-refractivity contribution is -0.123. The molecule has 1 aliphatic heterocycles. The van der Waals surface area contributed by atoms with Crippen LogP contribution in [0.4, 0.5) is 5.69 Å². The molecule has 0 radical (unpaired) electrons. The molecule has 28 heavy (non-hydrogen) atoms. The molecule has 1 aliphatic rings. The molecule has 0 spiro atoms. The molecule has 2 aromatic carbocycles. The fourth-order valence-electron chi connectivity index (χ4n) is 3.07. The van der Waals surface area contributed by atoms with Crippen LogP contribution in [0.25, 0.3) is 0 Å². The van der Waals surface area contributed by atoms with Crippen molar-refractivity contribution in [2.75, 3.05) is 51.3 Å². The molecule has 0 unspecified atom stereocenters. The summed E-state index contributed by atoms with van der Waals surface area (Å²) in [4.78, 5) is 16.7. The first kappa shape index (κ1) is 20.8. The third kappa shape index (κ3) is 6.03. The number of rotatable bonds is 7. The van der Waals surface area contributed by atoms with Gasteiger partial charge in [0.2, 0.25) is 0 Å². The number of piperazine rings is 1. The van der Waals surface area contributed by atoms with Gasteiger partial charge in [0.1, 0.15) is 5.75 Å². The van der Waals surface area contributed by atoms with Crippen molar-refractivity contribution in [2.24, 2.45) is 0 Å². The first-order chi connectivity index (χ1) is 13.5. The quantitative estimate of drug-likeness (QED) is 0.742. The van der Waals surface area contributed by atoms with E-state index >= 15 is 0 Å². The Balaban J connectivity index is 1.39. The fraction of sp³-hybridized carbons (Fsp3) is 0.381. The predicted molar refractivity (Wildman–Crippen MR) is 115 cm³/mol. The summed E-state index contributed by atoms with van der Waals surface area (Å²) in [7, 11) is 2.16. The molecule has 1 saturated heterocycles. The SMILES string of the molecule is CN1CCN(c2ccc(CCNC(=O)COc3ccc(Cl)cc3Cl)cc2)CC1. The van der Waals surface area contributed by atoms with Crippen LogP contribution in [-0.2, 0) is 11.2 Å². The molecule has 1 fully saturated rings. The zero-order valence-electron chi connectivity index (χ0n) is 16.0. The van der Waals surface area contributed by atoms with Gasteiger partial charge in [0.15, 0.2) is 6.61 Å². The molecular formula is C21H25Cl2N3O2. The van der Waals surface area contributed by atoms with E-state index in [4.69, 9.17) is 27.9 Å². The van der Waals surface area contributed by atoms with Crippen molar-refractivity contribution in [2.45, 2.75) is 6.42 Å². The van der Waals surface area contributed by atoms with Crippen molar-refractivity contribution < 1.29 is 9.53 Å². The number of hydrogen-bond donors (Lipinski definition) is 1. The number of halogens is 2. The lowest BCUT2D eigenvalue weighted by Crippen LogP contribution is -2.44. The molecule has 2 aromatic rings. The van der Waals surface area contributed by atoms with E-state index in [-0.39, 0.29) is 12.5 Å². The minimum atomic E-state index is -0.180. The van der Waals surface area contributed by atoms with E-state index < -0.39 is 0 Å². The Morgan fingerprint density at radius 3 is 2.46 bits per heavy atom. The van der Waals surface area contributed by atoms with Crippen LogP contribution in [0, 0.1) is 0 Å². The van der Waals surface area contributed by atoms with Gasteiger partial charge in [0.25, 0.3) is 5.91 Å². The fourth-order valence-corrected chi connectivity index (χ4v) is 3.53. The second-order valence-electron chi connectivity index (χ2n) is 6.92. The van der Waals surface area contributed by atoms with E-state index in [0.717, 1.165) is 32.6 Å². The molecule has 0 aliphatic carbocycles. The number of anilines is 1. The average molecular weight is 422 g/mol. The summed E-state index contributed by atoms with van der Waals surface area (Å²) in [5, 5.41) is 3.78. The van der Waals surface area contributed by atoms with Gasteiger partial charge in [0.05, 0.1) is 5.02 Å². The van der Waals surface area contributed by atoms with E-state index in [0.29, 0.717) is 22.3 Å². The zero-order valence-corrected chi connectivity index (χ0v) is 17.5. The van der Waals surface area contributed by atoms with Gasteiger partial charge < -0.3 is 19.9 Å². The monoisotopic (exact) mass is 421 g/mol. The third-order valence-electron chi connectivity index (χ3n) is 4.79. The molecule has 7 heteroatoms. The third-order valence-corrected chi connectivity index (χ3v) is 5.32. The van der Waals surface area contributed by atoms with Crippen molar-refractivity contribution in [1.29, 1.82) is 0 Å². The van der Waals surface area contributed by atoms with Gasteiger partial charge >= 0.3 is 0 Å². The Bertz CT molecular complexity index is 791. The lowest BCUT2D eigenvalue weighted by atomic mass is 10.1. The van der Waals surface area contributed by atoms with Crippen molar-refractivity contribution in [3.8, 4) is 5.75 Å². The minimum Gasteiger partial charge on any atom is -0.482 e. The van der Waals surface area contributed by atoms with Crippen molar-refractivity contribution in [3.63, 3.8) is 0 Å². The number of nitrogens with zero attached hydrogens (tertiary/aromatic N) is 2. The van der Waals surface area contributed by atoms with E-state index in [9.17, 15) is 4.79 Å². The Morgan fingerprint density at radius 1 is 1.07 bits per heavy atom. The van der Waals surface area contributed by atoms with Crippen LogP contribution in [0.2, 0.25) is 10.0 Å². The molecule has 5 nitrogen and oxygen atoms in total. The summed E-state index contributed by atoms with van der Waals surface area (Å²) >= 11 is 11.9. The second-order valence-corrected chi connectivity index (χ2v) is 7.76. The van der Waals surface area contributed by atoms with E-state index in [1.54, 1.807) is 18.2 Å². The largest absolute Gasteiger partial charge is 0.482 e. The molecular weight excluding hydrogens is 397 g/mol. The molecule has 0 atom stereocenters. The van der Waals surface area contributed by atoms with Crippen LogP contribution >= 0.6 is 23.2 Å². The summed E-state index contributed by atoms with van der Waals surface area (Å²) < 4.78 is 5.44. The summed E-state index contributed by atoms with van der Waals surface area (Å²) in [6, 6.07) is 13.5. The van der Waals surface area contributed by atoms with E-state index in [1.165, 1.54) is 11.3 Å². The van der Waals surface area contributed by atoms with Crippen LogP contribution < -0.4 is 15.0 Å². The molecule has 1 amide bonds. The zero-order chi connectivity index (χ0) is 19.9. The molecule has 1 N–H and O–H groups in total. The summed E-state index contributed by atoms with van der Waals surface area (Å²) in [5.74, 6) is 0.265. The molecule has 3 rings (SSSR count). The first-order valence-corrected chi connectivity index (χ1v) is 10.1. The number of amides is 1.